The number of aromatic hydroxyl groups is 1. The Hall–Kier alpha value is -2.82. The Morgan fingerprint density at radius 1 is 0.955 bits per heavy atom. The van der Waals surface area contributed by atoms with E-state index in [1.54, 1.807) is 0 Å². The van der Waals surface area contributed by atoms with Crippen LogP contribution in [0, 0.1) is 30.3 Å². The highest BCUT2D eigenvalue weighted by molar-refractivity contribution is 5.64. The van der Waals surface area contributed by atoms with Crippen LogP contribution < -0.4 is 0 Å². The van der Waals surface area contributed by atoms with Gasteiger partial charge >= 0.3 is 11.4 Å². The zero-order valence-electron chi connectivity index (χ0n) is 12.3. The zero-order valence-corrected chi connectivity index (χ0v) is 12.3. The molecule has 0 aliphatic heterocycles. The molecule has 0 aromatic heterocycles. The minimum Gasteiger partial charge on any atom is -0.497 e. The van der Waals surface area contributed by atoms with Crippen molar-refractivity contribution in [3.05, 3.63) is 42.5 Å². The molecule has 0 heterocycles. The van der Waals surface area contributed by atoms with Crippen LogP contribution in [0.4, 0.5) is 17.1 Å². The van der Waals surface area contributed by atoms with Crippen molar-refractivity contribution in [2.75, 3.05) is 20.1 Å². The molecule has 0 bridgehead atoms. The van der Waals surface area contributed by atoms with Gasteiger partial charge in [0.05, 0.1) is 26.9 Å². The third-order valence-corrected chi connectivity index (χ3v) is 2.74. The smallest absolute Gasteiger partial charge is 0.324 e. The maximum absolute atomic E-state index is 10.4. The van der Waals surface area contributed by atoms with Gasteiger partial charge in [-0.1, -0.05) is 13.8 Å². The van der Waals surface area contributed by atoms with Crippen LogP contribution in [0.5, 0.6) is 5.75 Å². The molecule has 0 fully saturated rings. The summed E-state index contributed by atoms with van der Waals surface area (Å²) in [6.45, 7) is 6.64. The second-order valence-corrected chi connectivity index (χ2v) is 4.09. The predicted molar refractivity (Wildman–Crippen MR) is 76.9 cm³/mol. The highest BCUT2D eigenvalue weighted by atomic mass is 16.6. The third-order valence-electron chi connectivity index (χ3n) is 2.74. The first kappa shape index (κ1) is 19.2. The van der Waals surface area contributed by atoms with Gasteiger partial charge < -0.3 is 10.0 Å². The fourth-order valence-electron chi connectivity index (χ4n) is 1.20. The van der Waals surface area contributed by atoms with Gasteiger partial charge in [0.15, 0.2) is 0 Å². The van der Waals surface area contributed by atoms with Crippen molar-refractivity contribution in [2.24, 2.45) is 0 Å². The van der Waals surface area contributed by atoms with Crippen LogP contribution in [0.25, 0.3) is 0 Å². The highest BCUT2D eigenvalue weighted by Crippen LogP contribution is 2.38. The van der Waals surface area contributed by atoms with Gasteiger partial charge in [0.1, 0.15) is 0 Å². The third kappa shape index (κ3) is 5.28. The van der Waals surface area contributed by atoms with Gasteiger partial charge in [-0.2, -0.15) is 0 Å². The molecule has 1 aromatic carbocycles. The van der Waals surface area contributed by atoms with E-state index in [0.717, 1.165) is 13.1 Å². The lowest BCUT2D eigenvalue weighted by atomic mass is 10.2. The summed E-state index contributed by atoms with van der Waals surface area (Å²) in [5.74, 6) is -1.21. The number of phenolic OH excluding ortho intramolecular Hbond substituents is 1. The van der Waals surface area contributed by atoms with E-state index in [-0.39, 0.29) is 0 Å². The molecule has 22 heavy (non-hydrogen) atoms. The molecule has 0 spiro atoms. The van der Waals surface area contributed by atoms with Crippen molar-refractivity contribution in [1.82, 2.24) is 4.90 Å². The van der Waals surface area contributed by atoms with E-state index in [1.807, 2.05) is 0 Å². The van der Waals surface area contributed by atoms with Crippen molar-refractivity contribution in [2.45, 2.75) is 13.8 Å². The van der Waals surface area contributed by atoms with Crippen molar-refractivity contribution in [1.29, 1.82) is 0 Å². The van der Waals surface area contributed by atoms with E-state index < -0.39 is 37.6 Å². The Bertz CT molecular complexity index is 537. The van der Waals surface area contributed by atoms with E-state index in [4.69, 9.17) is 5.11 Å². The van der Waals surface area contributed by atoms with Crippen LogP contribution >= 0.6 is 0 Å². The van der Waals surface area contributed by atoms with Crippen LogP contribution in [-0.2, 0) is 0 Å². The molecule has 1 aromatic rings. The molecule has 0 saturated heterocycles. The second kappa shape index (κ2) is 8.46. The van der Waals surface area contributed by atoms with Gasteiger partial charge in [0, 0.05) is 0 Å². The number of rotatable bonds is 5. The molecular formula is C11H16N4O7. The molecule has 1 rings (SSSR count). The average molecular weight is 316 g/mol. The Morgan fingerprint density at radius 3 is 1.50 bits per heavy atom. The Balaban J connectivity index is 0.000000626. The van der Waals surface area contributed by atoms with Crippen LogP contribution in [-0.4, -0.2) is 44.9 Å². The van der Waals surface area contributed by atoms with Crippen molar-refractivity contribution >= 4 is 17.1 Å². The van der Waals surface area contributed by atoms with Crippen molar-refractivity contribution in [3.63, 3.8) is 0 Å². The number of benzene rings is 1. The Kier molecular flexibility index (Phi) is 7.38. The number of hydrogen-bond acceptors (Lipinski definition) is 8. The summed E-state index contributed by atoms with van der Waals surface area (Å²) in [4.78, 5) is 30.0. The zero-order chi connectivity index (χ0) is 17.4. The molecule has 0 atom stereocenters. The number of nitrogens with zero attached hydrogens (tertiary/aromatic N) is 4. The van der Waals surface area contributed by atoms with Crippen LogP contribution in [0.1, 0.15) is 13.8 Å². The first-order valence-electron chi connectivity index (χ1n) is 6.14. The quantitative estimate of drug-likeness (QED) is 0.639. The van der Waals surface area contributed by atoms with Gasteiger partial charge in [-0.25, -0.2) is 0 Å². The number of hydrogen-bond donors (Lipinski definition) is 1. The lowest BCUT2D eigenvalue weighted by Crippen LogP contribution is -2.15. The summed E-state index contributed by atoms with van der Waals surface area (Å²) in [5.41, 5.74) is -3.00. The molecule has 11 heteroatoms. The Labute approximate surface area is 125 Å². The van der Waals surface area contributed by atoms with E-state index in [0.29, 0.717) is 12.1 Å². The summed E-state index contributed by atoms with van der Waals surface area (Å²) in [6.07, 6.45) is 0. The van der Waals surface area contributed by atoms with Crippen molar-refractivity contribution < 1.29 is 19.9 Å². The lowest BCUT2D eigenvalue weighted by Gasteiger charge is -2.07. The number of nitro groups is 3. The fourth-order valence-corrected chi connectivity index (χ4v) is 1.20. The van der Waals surface area contributed by atoms with E-state index in [9.17, 15) is 30.3 Å². The van der Waals surface area contributed by atoms with Crippen LogP contribution in [0.15, 0.2) is 12.1 Å². The molecule has 0 aliphatic rings. The molecule has 0 saturated carbocycles. The van der Waals surface area contributed by atoms with Gasteiger partial charge in [0.2, 0.25) is 0 Å². The number of nitro benzene ring substituents is 3. The summed E-state index contributed by atoms with van der Waals surface area (Å²) in [6, 6.07) is 0.894. The van der Waals surface area contributed by atoms with E-state index in [1.165, 1.54) is 0 Å². The number of phenols is 1. The lowest BCUT2D eigenvalue weighted by molar-refractivity contribution is -0.404. The van der Waals surface area contributed by atoms with Crippen LogP contribution in [0.3, 0.4) is 0 Å². The maximum atomic E-state index is 10.4. The molecule has 11 nitrogen and oxygen atoms in total. The standard InChI is InChI=1S/C6H3N3O7.C5H13N/c10-6-4(8(13)14)1-3(7(11)12)2-5(6)9(15)16;1-4-6(3)5-2/h1-2,10H;4-5H2,1-3H3. The molecule has 0 radical (unpaired) electrons. The molecular weight excluding hydrogens is 300 g/mol. The first-order valence-corrected chi connectivity index (χ1v) is 6.14. The molecule has 0 amide bonds. The molecule has 122 valence electrons. The normalized spacial score (nSPS) is 9.82. The largest absolute Gasteiger partial charge is 0.497 e. The SMILES string of the molecule is CCN(C)CC.O=[N+]([O-])c1cc([N+](=O)[O-])c(O)c([N+](=O)[O-])c1. The summed E-state index contributed by atoms with van der Waals surface area (Å²) in [5, 5.41) is 40.2. The molecule has 0 aliphatic carbocycles. The summed E-state index contributed by atoms with van der Waals surface area (Å²) in [7, 11) is 2.11. The van der Waals surface area contributed by atoms with Gasteiger partial charge in [-0.15, -0.1) is 0 Å². The van der Waals surface area contributed by atoms with E-state index >= 15 is 0 Å². The average Bonchev–Trinajstić information content (AvgIpc) is 2.46. The highest BCUT2D eigenvalue weighted by Gasteiger charge is 2.30. The summed E-state index contributed by atoms with van der Waals surface area (Å²) >= 11 is 0. The maximum Gasteiger partial charge on any atom is 0.324 e. The number of non-ortho nitro benzene ring substituents is 1. The summed E-state index contributed by atoms with van der Waals surface area (Å²) < 4.78 is 0. The first-order chi connectivity index (χ1) is 10.1. The van der Waals surface area contributed by atoms with E-state index in [2.05, 4.69) is 25.8 Å². The van der Waals surface area contributed by atoms with Crippen molar-refractivity contribution in [3.8, 4) is 5.75 Å². The van der Waals surface area contributed by atoms with Gasteiger partial charge in [-0.05, 0) is 20.1 Å². The predicted octanol–water partition coefficient (Wildman–Crippen LogP) is 2.07. The van der Waals surface area contributed by atoms with Gasteiger partial charge in [0.25, 0.3) is 11.4 Å². The molecule has 0 unspecified atom stereocenters. The minimum absolute atomic E-state index is 0.447. The fraction of sp³-hybridized carbons (Fsp3) is 0.455. The van der Waals surface area contributed by atoms with Crippen LogP contribution in [0.2, 0.25) is 0 Å². The minimum atomic E-state index is -1.21. The van der Waals surface area contributed by atoms with Gasteiger partial charge in [-0.3, -0.25) is 30.3 Å². The molecule has 1 N–H and O–H groups in total. The topological polar surface area (TPSA) is 153 Å². The second-order valence-electron chi connectivity index (χ2n) is 4.09. The Morgan fingerprint density at radius 2 is 1.32 bits per heavy atom. The monoisotopic (exact) mass is 316 g/mol.